The molecule has 2 rings (SSSR count). The summed E-state index contributed by atoms with van der Waals surface area (Å²) in [5.74, 6) is -0.959. The van der Waals surface area contributed by atoms with E-state index >= 15 is 0 Å². The van der Waals surface area contributed by atoms with Gasteiger partial charge in [0.15, 0.2) is 6.29 Å². The smallest absolute Gasteiger partial charge is 0.382 e. The average molecular weight is 368 g/mol. The number of ether oxygens (including phenoxy) is 1. The van der Waals surface area contributed by atoms with Gasteiger partial charge in [-0.1, -0.05) is 12.1 Å². The fraction of sp³-hybridized carbons (Fsp3) is 0.150. The van der Waals surface area contributed by atoms with Crippen LogP contribution in [0.25, 0.3) is 6.08 Å². The van der Waals surface area contributed by atoms with Crippen molar-refractivity contribution in [3.05, 3.63) is 64.7 Å². The second-order valence-electron chi connectivity index (χ2n) is 5.67. The minimum absolute atomic E-state index is 0.215. The van der Waals surface area contributed by atoms with Crippen molar-refractivity contribution in [2.75, 3.05) is 19.1 Å². The molecule has 138 valence electrons. The first-order valence-electron chi connectivity index (χ1n) is 7.90. The summed E-state index contributed by atoms with van der Waals surface area (Å²) in [5.41, 5.74) is 2.41. The molecule has 2 aromatic rings. The summed E-state index contributed by atoms with van der Waals surface area (Å²) in [4.78, 5) is 27.2. The molecule has 0 aliphatic carbocycles. The molecular weight excluding hydrogens is 351 g/mol. The number of aldehydes is 1. The predicted octanol–water partition coefficient (Wildman–Crippen LogP) is 3.21. The second kappa shape index (κ2) is 9.15. The number of hydrogen-bond donors (Lipinski definition) is 0. The molecule has 0 bridgehead atoms. The summed E-state index contributed by atoms with van der Waals surface area (Å²) < 4.78 is 17.3. The molecule has 0 heterocycles. The topological polar surface area (TPSA) is 79.6 Å². The summed E-state index contributed by atoms with van der Waals surface area (Å²) in [6, 6.07) is 14.5. The van der Waals surface area contributed by atoms with Gasteiger partial charge in [0.05, 0.1) is 18.7 Å². The fourth-order valence-electron chi connectivity index (χ4n) is 2.46. The molecule has 0 saturated heterocycles. The van der Waals surface area contributed by atoms with Crippen molar-refractivity contribution in [1.29, 1.82) is 5.26 Å². The van der Waals surface area contributed by atoms with Gasteiger partial charge in [-0.3, -0.25) is 4.79 Å². The number of carbonyl (C=O) groups excluding carboxylic acids is 2. The van der Waals surface area contributed by atoms with Gasteiger partial charge in [-0.25, -0.2) is 9.74 Å². The van der Waals surface area contributed by atoms with Crippen LogP contribution in [0.15, 0.2) is 48.0 Å². The molecule has 7 heteroatoms. The SMILES string of the molecule is COc1cc(N(C)Cc2ccc(C#N)cc2)ccc1/C=C(\C=O)C(=O)OF. The standard InChI is InChI=1S/C20H17FN2O4/c1-23(12-15-5-3-14(11-22)4-6-15)18-8-7-16(19(10-18)26-2)9-17(13-24)20(25)27-21/h3-10,13H,12H2,1-2H3/b17-9+. The van der Waals surface area contributed by atoms with E-state index in [1.807, 2.05) is 24.1 Å². The number of benzene rings is 2. The Kier molecular flexibility index (Phi) is 6.67. The maximum atomic E-state index is 12.0. The second-order valence-corrected chi connectivity index (χ2v) is 5.67. The van der Waals surface area contributed by atoms with Gasteiger partial charge in [-0.2, -0.15) is 5.26 Å². The van der Waals surface area contributed by atoms with E-state index in [0.29, 0.717) is 23.4 Å². The number of nitriles is 1. The third kappa shape index (κ3) is 4.92. The van der Waals surface area contributed by atoms with E-state index in [1.165, 1.54) is 13.2 Å². The molecular formula is C20H17FN2O4. The number of methoxy groups -OCH3 is 1. The van der Waals surface area contributed by atoms with E-state index in [9.17, 15) is 14.1 Å². The minimum Gasteiger partial charge on any atom is -0.496 e. The molecule has 0 fully saturated rings. The zero-order valence-corrected chi connectivity index (χ0v) is 14.8. The number of halogens is 1. The lowest BCUT2D eigenvalue weighted by molar-refractivity contribution is -0.178. The van der Waals surface area contributed by atoms with Crippen LogP contribution in [-0.2, 0) is 21.1 Å². The van der Waals surface area contributed by atoms with Crippen LogP contribution in [0.1, 0.15) is 16.7 Å². The van der Waals surface area contributed by atoms with Crippen LogP contribution in [0.5, 0.6) is 5.75 Å². The molecule has 0 amide bonds. The Balaban J connectivity index is 2.26. The van der Waals surface area contributed by atoms with Crippen molar-refractivity contribution < 1.29 is 23.8 Å². The monoisotopic (exact) mass is 368 g/mol. The zero-order valence-electron chi connectivity index (χ0n) is 14.8. The molecule has 6 nitrogen and oxygen atoms in total. The highest BCUT2D eigenvalue weighted by Crippen LogP contribution is 2.28. The molecule has 2 aromatic carbocycles. The molecule has 27 heavy (non-hydrogen) atoms. The molecule has 0 N–H and O–H groups in total. The van der Waals surface area contributed by atoms with Crippen molar-refractivity contribution in [2.24, 2.45) is 0 Å². The van der Waals surface area contributed by atoms with Gasteiger partial charge >= 0.3 is 5.97 Å². The van der Waals surface area contributed by atoms with E-state index in [2.05, 4.69) is 11.0 Å². The minimum atomic E-state index is -1.37. The number of nitrogens with zero attached hydrogens (tertiary/aromatic N) is 2. The first-order valence-corrected chi connectivity index (χ1v) is 7.90. The normalized spacial score (nSPS) is 10.7. The van der Waals surface area contributed by atoms with E-state index in [4.69, 9.17) is 10.00 Å². The summed E-state index contributed by atoms with van der Waals surface area (Å²) >= 11 is 0. The maximum absolute atomic E-state index is 12.0. The predicted molar refractivity (Wildman–Crippen MR) is 97.5 cm³/mol. The molecule has 0 atom stereocenters. The maximum Gasteiger partial charge on any atom is 0.382 e. The Labute approximate surface area is 155 Å². The van der Waals surface area contributed by atoms with Crippen LogP contribution >= 0.6 is 0 Å². The molecule has 0 aliphatic heterocycles. The van der Waals surface area contributed by atoms with Gasteiger partial charge in [0.25, 0.3) is 0 Å². The van der Waals surface area contributed by atoms with Crippen LogP contribution in [0.4, 0.5) is 10.2 Å². The Hall–Kier alpha value is -3.66. The summed E-state index contributed by atoms with van der Waals surface area (Å²) in [7, 11) is 3.34. The first-order chi connectivity index (χ1) is 13.0. The number of carbonyl (C=O) groups is 2. The van der Waals surface area contributed by atoms with Crippen LogP contribution in [0.3, 0.4) is 0 Å². The van der Waals surface area contributed by atoms with E-state index in [-0.39, 0.29) is 6.29 Å². The zero-order chi connectivity index (χ0) is 19.8. The highest BCUT2D eigenvalue weighted by molar-refractivity contribution is 6.11. The van der Waals surface area contributed by atoms with E-state index < -0.39 is 11.5 Å². The van der Waals surface area contributed by atoms with Crippen molar-refractivity contribution in [3.8, 4) is 11.8 Å². The van der Waals surface area contributed by atoms with Crippen LogP contribution in [0.2, 0.25) is 0 Å². The number of hydrogen-bond acceptors (Lipinski definition) is 6. The third-order valence-corrected chi connectivity index (χ3v) is 3.90. The summed E-state index contributed by atoms with van der Waals surface area (Å²) in [5, 5.41) is 8.85. The summed E-state index contributed by atoms with van der Waals surface area (Å²) in [6.45, 7) is 0.595. The van der Waals surface area contributed by atoms with E-state index in [0.717, 1.165) is 11.3 Å². The molecule has 0 spiro atoms. The van der Waals surface area contributed by atoms with Crippen molar-refractivity contribution >= 4 is 24.0 Å². The number of anilines is 1. The molecule has 0 radical (unpaired) electrons. The Bertz CT molecular complexity index is 901. The lowest BCUT2D eigenvalue weighted by Gasteiger charge is -2.21. The largest absolute Gasteiger partial charge is 0.496 e. The third-order valence-electron chi connectivity index (χ3n) is 3.90. The average Bonchev–Trinajstić information content (AvgIpc) is 2.71. The lowest BCUT2D eigenvalue weighted by Crippen LogP contribution is -2.16. The van der Waals surface area contributed by atoms with Crippen LogP contribution in [-0.4, -0.2) is 26.4 Å². The summed E-state index contributed by atoms with van der Waals surface area (Å²) in [6.07, 6.45) is 1.41. The van der Waals surface area contributed by atoms with Crippen molar-refractivity contribution in [3.63, 3.8) is 0 Å². The Morgan fingerprint density at radius 2 is 1.96 bits per heavy atom. The van der Waals surface area contributed by atoms with Crippen LogP contribution < -0.4 is 9.64 Å². The van der Waals surface area contributed by atoms with Gasteiger partial charge in [0.1, 0.15) is 11.3 Å². The van der Waals surface area contributed by atoms with Crippen molar-refractivity contribution in [2.45, 2.75) is 6.54 Å². The molecule has 0 unspecified atom stereocenters. The molecule has 0 aromatic heterocycles. The quantitative estimate of drug-likeness (QED) is 0.323. The fourth-order valence-corrected chi connectivity index (χ4v) is 2.46. The number of rotatable bonds is 7. The van der Waals surface area contributed by atoms with Gasteiger partial charge in [-0.05, 0) is 35.9 Å². The van der Waals surface area contributed by atoms with Gasteiger partial charge < -0.3 is 9.64 Å². The molecule has 0 aliphatic rings. The molecule has 0 saturated carbocycles. The Morgan fingerprint density at radius 1 is 1.26 bits per heavy atom. The van der Waals surface area contributed by atoms with Gasteiger partial charge in [-0.15, -0.1) is 0 Å². The lowest BCUT2D eigenvalue weighted by atomic mass is 10.1. The Morgan fingerprint density at radius 3 is 2.52 bits per heavy atom. The van der Waals surface area contributed by atoms with Crippen LogP contribution in [0, 0.1) is 11.3 Å². The first kappa shape index (κ1) is 19.7. The van der Waals surface area contributed by atoms with Gasteiger partial charge in [0, 0.05) is 35.4 Å². The van der Waals surface area contributed by atoms with Crippen molar-refractivity contribution in [1.82, 2.24) is 0 Å². The van der Waals surface area contributed by atoms with Gasteiger partial charge in [0.2, 0.25) is 0 Å². The highest BCUT2D eigenvalue weighted by Gasteiger charge is 2.13. The highest BCUT2D eigenvalue weighted by atomic mass is 19.3. The van der Waals surface area contributed by atoms with E-state index in [1.54, 1.807) is 30.3 Å².